The summed E-state index contributed by atoms with van der Waals surface area (Å²) in [5.74, 6) is -0.0772. The van der Waals surface area contributed by atoms with Gasteiger partial charge in [-0.25, -0.2) is 14.8 Å². The number of carbonyl (C=O) groups is 3. The molecule has 9 rings (SSSR count). The standard InChI is InChI=1S/C48H47N11O6/c1-29-36-10-9-34(23-37(36)47(64)59(57-29)39-11-12-42(61)53-46(39)63)40-26-51-19-20-58(40)41(27-60)48(14-17-50-18-15-48)28-65-43-13-16-52-44(54-43)32-7-5-30(6-8-32)21-35-24-38(55-56-45(35)62)33-4-2-3-31(22-33)25-49/h2-10,13,16,22-24,27,39-41,50-51H,11-12,14-15,17-21,26,28H2,1H3,(H,56,62)(H,53,61,63). The number of carbonyl (C=O) groups excluding carboxylic acids is 3. The molecule has 4 N–H and O–H groups in total. The van der Waals surface area contributed by atoms with Crippen LogP contribution in [0.25, 0.3) is 33.4 Å². The Hall–Kier alpha value is -7.26. The van der Waals surface area contributed by atoms with Gasteiger partial charge in [-0.1, -0.05) is 48.5 Å². The van der Waals surface area contributed by atoms with E-state index >= 15 is 0 Å². The highest BCUT2D eigenvalue weighted by atomic mass is 16.5. The molecule has 0 spiro atoms. The number of aryl methyl sites for hydroxylation is 1. The lowest BCUT2D eigenvalue weighted by molar-refractivity contribution is -0.136. The summed E-state index contributed by atoms with van der Waals surface area (Å²) >= 11 is 0. The molecule has 3 saturated heterocycles. The van der Waals surface area contributed by atoms with Crippen molar-refractivity contribution >= 4 is 28.9 Å². The highest BCUT2D eigenvalue weighted by Crippen LogP contribution is 2.40. The first kappa shape index (κ1) is 43.0. The van der Waals surface area contributed by atoms with Crippen molar-refractivity contribution in [3.63, 3.8) is 0 Å². The summed E-state index contributed by atoms with van der Waals surface area (Å²) in [4.78, 5) is 76.4. The second kappa shape index (κ2) is 18.5. The molecule has 17 nitrogen and oxygen atoms in total. The molecule has 0 saturated carbocycles. The molecule has 3 unspecified atom stereocenters. The number of nitriles is 1. The van der Waals surface area contributed by atoms with E-state index in [4.69, 9.17) is 9.72 Å². The number of nitrogens with zero attached hydrogens (tertiary/aromatic N) is 7. The fourth-order valence-corrected chi connectivity index (χ4v) is 9.40. The molecular formula is C48H47N11O6. The molecule has 17 heteroatoms. The number of aromatic nitrogens is 6. The summed E-state index contributed by atoms with van der Waals surface area (Å²) in [7, 11) is 0. The van der Waals surface area contributed by atoms with Crippen molar-refractivity contribution in [2.75, 3.05) is 39.3 Å². The predicted molar refractivity (Wildman–Crippen MR) is 240 cm³/mol. The molecule has 0 bridgehead atoms. The Kier molecular flexibility index (Phi) is 12.2. The lowest BCUT2D eigenvalue weighted by Crippen LogP contribution is -2.60. The Bertz CT molecular complexity index is 2960. The molecule has 330 valence electrons. The van der Waals surface area contributed by atoms with Crippen molar-refractivity contribution < 1.29 is 19.1 Å². The van der Waals surface area contributed by atoms with Gasteiger partial charge in [-0.3, -0.25) is 29.4 Å². The number of nitrogens with one attached hydrogen (secondary N) is 4. The molecule has 3 fully saturated rings. The molecule has 6 heterocycles. The number of hydrogen-bond acceptors (Lipinski definition) is 14. The first-order chi connectivity index (χ1) is 31.6. The largest absolute Gasteiger partial charge is 0.477 e. The van der Waals surface area contributed by atoms with Gasteiger partial charge >= 0.3 is 0 Å². The maximum Gasteiger partial charge on any atom is 0.275 e. The number of H-pyrrole nitrogens is 1. The van der Waals surface area contributed by atoms with E-state index in [9.17, 15) is 29.2 Å². The summed E-state index contributed by atoms with van der Waals surface area (Å²) < 4.78 is 7.73. The number of amides is 2. The number of fused-ring (bicyclic) bond motifs is 1. The Morgan fingerprint density at radius 1 is 0.938 bits per heavy atom. The number of ether oxygens (including phenoxy) is 1. The summed E-state index contributed by atoms with van der Waals surface area (Å²) in [6, 6.07) is 24.3. The zero-order chi connectivity index (χ0) is 45.1. The van der Waals surface area contributed by atoms with Gasteiger partial charge in [0.2, 0.25) is 11.8 Å². The molecular weight excluding hydrogens is 827 g/mol. The maximum atomic E-state index is 14.0. The van der Waals surface area contributed by atoms with Gasteiger partial charge in [0.15, 0.2) is 5.82 Å². The van der Waals surface area contributed by atoms with E-state index in [1.54, 1.807) is 43.5 Å². The van der Waals surface area contributed by atoms with Crippen LogP contribution in [0.3, 0.4) is 0 Å². The molecule has 65 heavy (non-hydrogen) atoms. The van der Waals surface area contributed by atoms with Crippen molar-refractivity contribution in [3.05, 3.63) is 134 Å². The van der Waals surface area contributed by atoms with E-state index in [-0.39, 0.29) is 37.0 Å². The number of hydrogen-bond donors (Lipinski definition) is 4. The zero-order valence-electron chi connectivity index (χ0n) is 35.8. The van der Waals surface area contributed by atoms with Crippen molar-refractivity contribution in [2.45, 2.75) is 57.2 Å². The van der Waals surface area contributed by atoms with E-state index in [1.807, 2.05) is 48.5 Å². The summed E-state index contributed by atoms with van der Waals surface area (Å²) in [5.41, 5.74) is 4.15. The van der Waals surface area contributed by atoms with Crippen LogP contribution in [0.2, 0.25) is 0 Å². The van der Waals surface area contributed by atoms with E-state index in [0.717, 1.165) is 28.5 Å². The average Bonchev–Trinajstić information content (AvgIpc) is 3.34. The van der Waals surface area contributed by atoms with E-state index in [2.05, 4.69) is 47.2 Å². The van der Waals surface area contributed by atoms with Crippen LogP contribution in [0.4, 0.5) is 0 Å². The molecule has 3 aliphatic heterocycles. The molecule has 0 aliphatic carbocycles. The minimum absolute atomic E-state index is 0.120. The van der Waals surface area contributed by atoms with Crippen LogP contribution in [0.15, 0.2) is 94.6 Å². The van der Waals surface area contributed by atoms with Gasteiger partial charge in [0.1, 0.15) is 12.3 Å². The number of rotatable bonds is 12. The van der Waals surface area contributed by atoms with Crippen LogP contribution < -0.4 is 31.8 Å². The second-order valence-electron chi connectivity index (χ2n) is 16.9. The SMILES string of the molecule is Cc1nn(C2CCC(=O)NC2=O)c(=O)c2cc(C3CNCCN3C(C=O)C3(COc4ccnc(-c5ccc(Cc6cc(-c7cccc(C#N)c7)n[nH]c6=O)cc5)n4)CCNCC3)ccc12. The second-order valence-corrected chi connectivity index (χ2v) is 16.9. The molecule has 3 atom stereocenters. The average molecular weight is 874 g/mol. The fraction of sp³-hybridized carbons (Fsp3) is 0.333. The minimum atomic E-state index is -0.890. The number of piperazine rings is 1. The van der Waals surface area contributed by atoms with E-state index < -0.39 is 29.0 Å². The van der Waals surface area contributed by atoms with Gasteiger partial charge in [-0.05, 0) is 74.7 Å². The first-order valence-electron chi connectivity index (χ1n) is 21.8. The van der Waals surface area contributed by atoms with E-state index in [0.29, 0.717) is 97.0 Å². The molecule has 0 radical (unpaired) electrons. The molecule has 3 aliphatic rings. The van der Waals surface area contributed by atoms with Gasteiger partial charge in [-0.15, -0.1) is 0 Å². The molecule has 2 amide bonds. The molecule has 3 aromatic heterocycles. The van der Waals surface area contributed by atoms with E-state index in [1.165, 1.54) is 4.68 Å². The van der Waals surface area contributed by atoms with Crippen LogP contribution in [0.5, 0.6) is 5.88 Å². The van der Waals surface area contributed by atoms with Crippen LogP contribution in [0.1, 0.15) is 65.7 Å². The smallest absolute Gasteiger partial charge is 0.275 e. The van der Waals surface area contributed by atoms with Gasteiger partial charge in [0, 0.05) is 78.3 Å². The Morgan fingerprint density at radius 3 is 2.55 bits per heavy atom. The van der Waals surface area contributed by atoms with Crippen LogP contribution in [-0.2, 0) is 20.8 Å². The fourth-order valence-electron chi connectivity index (χ4n) is 9.40. The third-order valence-electron chi connectivity index (χ3n) is 12.9. The first-order valence-corrected chi connectivity index (χ1v) is 21.8. The van der Waals surface area contributed by atoms with Crippen LogP contribution in [0, 0.1) is 23.7 Å². The normalized spacial score (nSPS) is 19.3. The third kappa shape index (κ3) is 8.83. The van der Waals surface area contributed by atoms with Crippen molar-refractivity contribution in [2.24, 2.45) is 5.41 Å². The summed E-state index contributed by atoms with van der Waals surface area (Å²) in [6.07, 6.45) is 4.72. The van der Waals surface area contributed by atoms with Crippen molar-refractivity contribution in [1.29, 1.82) is 5.26 Å². The maximum absolute atomic E-state index is 14.0. The number of imide groups is 1. The number of aldehydes is 1. The Labute approximate surface area is 373 Å². The Morgan fingerprint density at radius 2 is 1.77 bits per heavy atom. The van der Waals surface area contributed by atoms with Crippen molar-refractivity contribution in [1.82, 2.24) is 50.8 Å². The Balaban J connectivity index is 0.934. The quantitative estimate of drug-likeness (QED) is 0.102. The molecule has 6 aromatic rings. The topological polar surface area (TPSA) is 230 Å². The van der Waals surface area contributed by atoms with Gasteiger partial charge in [-0.2, -0.15) is 20.4 Å². The third-order valence-corrected chi connectivity index (χ3v) is 12.9. The number of aromatic amines is 1. The zero-order valence-corrected chi connectivity index (χ0v) is 35.8. The molecule has 3 aromatic carbocycles. The monoisotopic (exact) mass is 873 g/mol. The van der Waals surface area contributed by atoms with Crippen LogP contribution in [-0.4, -0.2) is 98.3 Å². The summed E-state index contributed by atoms with van der Waals surface area (Å²) in [6.45, 7) is 5.22. The van der Waals surface area contributed by atoms with Crippen LogP contribution >= 0.6 is 0 Å². The lowest BCUT2D eigenvalue weighted by atomic mass is 9.72. The predicted octanol–water partition coefficient (Wildman–Crippen LogP) is 3.32. The van der Waals surface area contributed by atoms with Gasteiger partial charge in [0.25, 0.3) is 17.0 Å². The summed E-state index contributed by atoms with van der Waals surface area (Å²) in [5, 5.41) is 30.9. The van der Waals surface area contributed by atoms with Crippen molar-refractivity contribution in [3.8, 4) is 34.6 Å². The number of piperidine rings is 2. The van der Waals surface area contributed by atoms with Gasteiger partial charge < -0.3 is 20.2 Å². The lowest BCUT2D eigenvalue weighted by Gasteiger charge is -2.49. The number of benzene rings is 3. The highest BCUT2D eigenvalue weighted by molar-refractivity contribution is 5.99. The highest BCUT2D eigenvalue weighted by Gasteiger charge is 2.46. The van der Waals surface area contributed by atoms with Gasteiger partial charge in [0.05, 0.1) is 41.1 Å². The minimum Gasteiger partial charge on any atom is -0.477 e.